The highest BCUT2D eigenvalue weighted by Gasteiger charge is 2.21. The van der Waals surface area contributed by atoms with Crippen molar-refractivity contribution < 1.29 is 0 Å². The average Bonchev–Trinajstić information content (AvgIpc) is 2.74. The lowest BCUT2D eigenvalue weighted by Gasteiger charge is -2.26. The maximum Gasteiger partial charge on any atom is 0.0631 e. The van der Waals surface area contributed by atoms with E-state index in [1.807, 2.05) is 24.0 Å². The van der Waals surface area contributed by atoms with Crippen LogP contribution in [0, 0.1) is 5.92 Å². The van der Waals surface area contributed by atoms with E-state index in [2.05, 4.69) is 22.3 Å². The Morgan fingerprint density at radius 2 is 2.38 bits per heavy atom. The third-order valence-electron chi connectivity index (χ3n) is 3.33. The van der Waals surface area contributed by atoms with Crippen molar-refractivity contribution in [3.05, 3.63) is 18.0 Å². The van der Waals surface area contributed by atoms with Gasteiger partial charge in [-0.25, -0.2) is 0 Å². The number of hydrogen-bond donors (Lipinski definition) is 2. The van der Waals surface area contributed by atoms with Crippen molar-refractivity contribution in [2.24, 2.45) is 18.8 Å². The van der Waals surface area contributed by atoms with Gasteiger partial charge in [0.15, 0.2) is 0 Å². The Morgan fingerprint density at radius 3 is 2.94 bits per heavy atom. The van der Waals surface area contributed by atoms with Gasteiger partial charge in [0.2, 0.25) is 0 Å². The standard InChI is InChI=1S/C11H20N4S/c1-15-11(2-5-13-15)10(14-12)8-9-3-6-16-7-4-9/h2,5,9-10,14H,3-4,6-8,12H2,1H3. The number of aryl methyl sites for hydroxylation is 1. The molecule has 1 aromatic heterocycles. The molecular formula is C11H20N4S. The topological polar surface area (TPSA) is 55.9 Å². The van der Waals surface area contributed by atoms with Crippen LogP contribution < -0.4 is 11.3 Å². The Bertz CT molecular complexity index is 320. The van der Waals surface area contributed by atoms with Crippen LogP contribution in [0.4, 0.5) is 0 Å². The molecule has 0 bridgehead atoms. The minimum Gasteiger partial charge on any atom is -0.271 e. The van der Waals surface area contributed by atoms with Crippen LogP contribution in [-0.4, -0.2) is 21.3 Å². The monoisotopic (exact) mass is 240 g/mol. The molecule has 1 atom stereocenters. The molecule has 2 heterocycles. The molecule has 90 valence electrons. The predicted molar refractivity (Wildman–Crippen MR) is 67.9 cm³/mol. The van der Waals surface area contributed by atoms with Gasteiger partial charge in [-0.3, -0.25) is 16.0 Å². The summed E-state index contributed by atoms with van der Waals surface area (Å²) in [7, 11) is 1.97. The lowest BCUT2D eigenvalue weighted by atomic mass is 9.93. The van der Waals surface area contributed by atoms with E-state index in [1.165, 1.54) is 30.0 Å². The molecule has 16 heavy (non-hydrogen) atoms. The van der Waals surface area contributed by atoms with Crippen LogP contribution in [0.2, 0.25) is 0 Å². The molecule has 4 nitrogen and oxygen atoms in total. The van der Waals surface area contributed by atoms with Gasteiger partial charge in [-0.15, -0.1) is 0 Å². The van der Waals surface area contributed by atoms with Gasteiger partial charge in [-0.2, -0.15) is 16.9 Å². The highest BCUT2D eigenvalue weighted by Crippen LogP contribution is 2.30. The van der Waals surface area contributed by atoms with E-state index >= 15 is 0 Å². The Morgan fingerprint density at radius 1 is 1.62 bits per heavy atom. The second-order valence-electron chi connectivity index (χ2n) is 4.39. The van der Waals surface area contributed by atoms with Crippen molar-refractivity contribution in [3.63, 3.8) is 0 Å². The Hall–Kier alpha value is -0.520. The summed E-state index contributed by atoms with van der Waals surface area (Å²) >= 11 is 2.06. The number of nitrogens with two attached hydrogens (primary N) is 1. The molecule has 5 heteroatoms. The number of thioether (sulfide) groups is 1. The first kappa shape index (κ1) is 12.0. The second-order valence-corrected chi connectivity index (χ2v) is 5.62. The number of nitrogens with one attached hydrogen (secondary N) is 1. The van der Waals surface area contributed by atoms with Gasteiger partial charge in [-0.1, -0.05) is 0 Å². The summed E-state index contributed by atoms with van der Waals surface area (Å²) in [6.45, 7) is 0. The highest BCUT2D eigenvalue weighted by atomic mass is 32.2. The lowest BCUT2D eigenvalue weighted by molar-refractivity contribution is 0.362. The van der Waals surface area contributed by atoms with Gasteiger partial charge < -0.3 is 0 Å². The second kappa shape index (κ2) is 5.70. The van der Waals surface area contributed by atoms with E-state index < -0.39 is 0 Å². The van der Waals surface area contributed by atoms with Crippen LogP contribution in [-0.2, 0) is 7.05 Å². The fourth-order valence-corrected chi connectivity index (χ4v) is 3.52. The largest absolute Gasteiger partial charge is 0.271 e. The number of nitrogens with zero attached hydrogens (tertiary/aromatic N) is 2. The van der Waals surface area contributed by atoms with Crippen molar-refractivity contribution in [1.29, 1.82) is 0 Å². The molecule has 1 fully saturated rings. The third-order valence-corrected chi connectivity index (χ3v) is 4.38. The number of aromatic nitrogens is 2. The maximum absolute atomic E-state index is 5.65. The fraction of sp³-hybridized carbons (Fsp3) is 0.727. The highest BCUT2D eigenvalue weighted by molar-refractivity contribution is 7.99. The fourth-order valence-electron chi connectivity index (χ4n) is 2.32. The predicted octanol–water partition coefficient (Wildman–Crippen LogP) is 1.46. The zero-order valence-corrected chi connectivity index (χ0v) is 10.5. The lowest BCUT2D eigenvalue weighted by Crippen LogP contribution is -2.31. The van der Waals surface area contributed by atoms with Crippen molar-refractivity contribution in [2.75, 3.05) is 11.5 Å². The quantitative estimate of drug-likeness (QED) is 0.618. The molecule has 0 aliphatic carbocycles. The zero-order valence-electron chi connectivity index (χ0n) is 9.72. The van der Waals surface area contributed by atoms with Gasteiger partial charge in [0.05, 0.1) is 11.7 Å². The molecule has 1 aliphatic heterocycles. The summed E-state index contributed by atoms with van der Waals surface area (Å²) in [5.74, 6) is 9.05. The van der Waals surface area contributed by atoms with Crippen LogP contribution >= 0.6 is 11.8 Å². The molecule has 0 spiro atoms. The molecular weight excluding hydrogens is 220 g/mol. The van der Waals surface area contributed by atoms with Gasteiger partial charge >= 0.3 is 0 Å². The van der Waals surface area contributed by atoms with Crippen LogP contribution in [0.25, 0.3) is 0 Å². The van der Waals surface area contributed by atoms with Gasteiger partial charge in [0.25, 0.3) is 0 Å². The van der Waals surface area contributed by atoms with Crippen molar-refractivity contribution in [3.8, 4) is 0 Å². The summed E-state index contributed by atoms with van der Waals surface area (Å²) in [4.78, 5) is 0. The summed E-state index contributed by atoms with van der Waals surface area (Å²) in [5, 5.41) is 4.20. The van der Waals surface area contributed by atoms with Crippen molar-refractivity contribution >= 4 is 11.8 Å². The first-order valence-electron chi connectivity index (χ1n) is 5.83. The first-order valence-corrected chi connectivity index (χ1v) is 6.98. The van der Waals surface area contributed by atoms with Crippen LogP contribution in [0.3, 0.4) is 0 Å². The third kappa shape index (κ3) is 2.78. The summed E-state index contributed by atoms with van der Waals surface area (Å²) in [6, 6.07) is 2.28. The molecule has 0 aromatic carbocycles. The average molecular weight is 240 g/mol. The molecule has 3 N–H and O–H groups in total. The van der Waals surface area contributed by atoms with E-state index in [9.17, 15) is 0 Å². The zero-order chi connectivity index (χ0) is 11.4. The first-order chi connectivity index (χ1) is 7.81. The van der Waals surface area contributed by atoms with E-state index in [1.54, 1.807) is 0 Å². The molecule has 1 saturated heterocycles. The Balaban J connectivity index is 1.97. The van der Waals surface area contributed by atoms with Crippen LogP contribution in [0.5, 0.6) is 0 Å². The van der Waals surface area contributed by atoms with E-state index in [4.69, 9.17) is 5.84 Å². The summed E-state index contributed by atoms with van der Waals surface area (Å²) < 4.78 is 1.90. The molecule has 1 aromatic rings. The van der Waals surface area contributed by atoms with E-state index in [0.717, 1.165) is 12.3 Å². The Kier molecular flexibility index (Phi) is 4.26. The number of hydrazine groups is 1. The molecule has 2 rings (SSSR count). The Labute approximate surface area is 101 Å². The smallest absolute Gasteiger partial charge is 0.0631 e. The van der Waals surface area contributed by atoms with Gasteiger partial charge in [0, 0.05) is 13.2 Å². The van der Waals surface area contributed by atoms with Gasteiger partial charge in [-0.05, 0) is 42.8 Å². The molecule has 0 radical (unpaired) electrons. The number of rotatable bonds is 4. The minimum atomic E-state index is 0.237. The summed E-state index contributed by atoms with van der Waals surface area (Å²) in [5.41, 5.74) is 4.11. The minimum absolute atomic E-state index is 0.237. The van der Waals surface area contributed by atoms with Gasteiger partial charge in [0.1, 0.15) is 0 Å². The van der Waals surface area contributed by atoms with Crippen molar-refractivity contribution in [2.45, 2.75) is 25.3 Å². The normalized spacial score (nSPS) is 19.9. The number of hydrogen-bond acceptors (Lipinski definition) is 4. The molecule has 0 saturated carbocycles. The summed E-state index contributed by atoms with van der Waals surface area (Å²) in [6.07, 6.45) is 5.59. The SMILES string of the molecule is Cn1nccc1C(CC1CCSCC1)NN. The van der Waals surface area contributed by atoms with Crippen molar-refractivity contribution in [1.82, 2.24) is 15.2 Å². The molecule has 1 aliphatic rings. The van der Waals surface area contributed by atoms with E-state index in [-0.39, 0.29) is 6.04 Å². The molecule has 1 unspecified atom stereocenters. The van der Waals surface area contributed by atoms with Crippen LogP contribution in [0.1, 0.15) is 31.0 Å². The van der Waals surface area contributed by atoms with E-state index in [0.29, 0.717) is 0 Å². The maximum atomic E-state index is 5.65. The molecule has 0 amide bonds. The van der Waals surface area contributed by atoms with Crippen LogP contribution in [0.15, 0.2) is 12.3 Å².